The van der Waals surface area contributed by atoms with Crippen molar-refractivity contribution in [2.45, 2.75) is 26.2 Å². The summed E-state index contributed by atoms with van der Waals surface area (Å²) in [4.78, 5) is 0. The van der Waals surface area contributed by atoms with E-state index >= 15 is 0 Å². The molecule has 0 fully saturated rings. The fraction of sp³-hybridized carbons (Fsp3) is 0.250. The van der Waals surface area contributed by atoms with E-state index in [1.54, 1.807) is 12.2 Å². The van der Waals surface area contributed by atoms with Crippen LogP contribution in [-0.2, 0) is 6.42 Å². The number of terminal acetylenes is 1. The zero-order chi connectivity index (χ0) is 11.6. The number of aryl methyl sites for hydroxylation is 1. The monoisotopic (exact) mass is 208 g/mol. The molecule has 16 heavy (non-hydrogen) atoms. The molecule has 0 aliphatic heterocycles. The Morgan fingerprint density at radius 2 is 1.94 bits per heavy atom. The number of hydrogen-bond donors (Lipinski definition) is 0. The number of rotatable bonds is 3. The molecule has 0 unspecified atom stereocenters. The maximum Gasteiger partial charge on any atom is 0.0249 e. The summed E-state index contributed by atoms with van der Waals surface area (Å²) in [7, 11) is 0. The van der Waals surface area contributed by atoms with Gasteiger partial charge in [0.05, 0.1) is 0 Å². The second-order valence-corrected chi connectivity index (χ2v) is 3.57. The number of allylic oxidation sites excluding steroid dienone is 2. The summed E-state index contributed by atoms with van der Waals surface area (Å²) < 4.78 is 0. The van der Waals surface area contributed by atoms with Gasteiger partial charge in [-0.3, -0.25) is 0 Å². The van der Waals surface area contributed by atoms with Crippen LogP contribution in [0, 0.1) is 24.2 Å². The minimum Gasteiger partial charge on any atom is -0.115 e. The molecule has 0 amide bonds. The lowest BCUT2D eigenvalue weighted by Gasteiger charge is -1.98. The highest BCUT2D eigenvalue weighted by atomic mass is 14.0. The average molecular weight is 208 g/mol. The molecule has 0 atom stereocenters. The van der Waals surface area contributed by atoms with Gasteiger partial charge in [0.2, 0.25) is 0 Å². The Bertz CT molecular complexity index is 430. The third kappa shape index (κ3) is 4.54. The number of benzene rings is 1. The highest BCUT2D eigenvalue weighted by molar-refractivity contribution is 5.39. The molecule has 0 nitrogen and oxygen atoms in total. The van der Waals surface area contributed by atoms with Crippen molar-refractivity contribution in [2.24, 2.45) is 0 Å². The van der Waals surface area contributed by atoms with Gasteiger partial charge in [0.15, 0.2) is 0 Å². The lowest BCUT2D eigenvalue weighted by Crippen LogP contribution is -1.84. The van der Waals surface area contributed by atoms with Crippen LogP contribution in [-0.4, -0.2) is 0 Å². The van der Waals surface area contributed by atoms with Crippen molar-refractivity contribution >= 4 is 0 Å². The van der Waals surface area contributed by atoms with Crippen LogP contribution in [0.15, 0.2) is 36.4 Å². The first-order valence-corrected chi connectivity index (χ1v) is 5.58. The van der Waals surface area contributed by atoms with Crippen molar-refractivity contribution in [3.63, 3.8) is 0 Å². The summed E-state index contributed by atoms with van der Waals surface area (Å²) in [6.07, 6.45) is 12.0. The van der Waals surface area contributed by atoms with E-state index in [1.807, 2.05) is 0 Å². The van der Waals surface area contributed by atoms with Gasteiger partial charge in [-0.15, -0.1) is 6.42 Å². The lowest BCUT2D eigenvalue weighted by molar-refractivity contribution is 0.795. The van der Waals surface area contributed by atoms with Crippen LogP contribution in [0.1, 0.15) is 30.9 Å². The first kappa shape index (κ1) is 12.2. The molecule has 0 aliphatic carbocycles. The van der Waals surface area contributed by atoms with Crippen molar-refractivity contribution in [3.05, 3.63) is 47.5 Å². The SMILES string of the molecule is C#C/C=C\C#Cc1ccc(CCCC)cc1. The summed E-state index contributed by atoms with van der Waals surface area (Å²) in [6, 6.07) is 8.40. The summed E-state index contributed by atoms with van der Waals surface area (Å²) in [5.74, 6) is 8.33. The first-order chi connectivity index (χ1) is 7.86. The van der Waals surface area contributed by atoms with Gasteiger partial charge in [-0.25, -0.2) is 0 Å². The standard InChI is InChI=1S/C16H16/c1-3-5-7-8-10-16-13-11-15(12-14-16)9-6-4-2/h1,5,7,11-14H,4,6,9H2,2H3/b7-5-. The highest BCUT2D eigenvalue weighted by Crippen LogP contribution is 2.06. The van der Waals surface area contributed by atoms with Gasteiger partial charge in [0.1, 0.15) is 0 Å². The van der Waals surface area contributed by atoms with E-state index in [4.69, 9.17) is 6.42 Å². The molecule has 0 N–H and O–H groups in total. The number of unbranched alkanes of at least 4 members (excludes halogenated alkanes) is 1. The fourth-order valence-corrected chi connectivity index (χ4v) is 1.35. The van der Waals surface area contributed by atoms with Crippen molar-refractivity contribution in [3.8, 4) is 24.2 Å². The molecule has 0 aliphatic rings. The quantitative estimate of drug-likeness (QED) is 0.666. The lowest BCUT2D eigenvalue weighted by atomic mass is 10.1. The van der Waals surface area contributed by atoms with Crippen molar-refractivity contribution < 1.29 is 0 Å². The molecule has 1 aromatic carbocycles. The topological polar surface area (TPSA) is 0 Å². The van der Waals surface area contributed by atoms with Gasteiger partial charge in [-0.1, -0.05) is 43.2 Å². The second kappa shape index (κ2) is 7.38. The van der Waals surface area contributed by atoms with Gasteiger partial charge in [-0.2, -0.15) is 0 Å². The summed E-state index contributed by atoms with van der Waals surface area (Å²) in [5, 5.41) is 0. The Morgan fingerprint density at radius 3 is 2.56 bits per heavy atom. The van der Waals surface area contributed by atoms with Crippen molar-refractivity contribution in [1.29, 1.82) is 0 Å². The maximum absolute atomic E-state index is 5.07. The minimum absolute atomic E-state index is 1.03. The van der Waals surface area contributed by atoms with Crippen LogP contribution in [0.2, 0.25) is 0 Å². The highest BCUT2D eigenvalue weighted by Gasteiger charge is 1.91. The van der Waals surface area contributed by atoms with Gasteiger partial charge < -0.3 is 0 Å². The smallest absolute Gasteiger partial charge is 0.0249 e. The summed E-state index contributed by atoms with van der Waals surface area (Å²) in [6.45, 7) is 2.21. The molecule has 0 saturated carbocycles. The maximum atomic E-state index is 5.07. The van der Waals surface area contributed by atoms with Gasteiger partial charge >= 0.3 is 0 Å². The predicted octanol–water partition coefficient (Wildman–Crippen LogP) is 3.57. The molecule has 0 heterocycles. The summed E-state index contributed by atoms with van der Waals surface area (Å²) in [5.41, 5.74) is 2.41. The molecule has 0 heteroatoms. The van der Waals surface area contributed by atoms with Crippen LogP contribution in [0.5, 0.6) is 0 Å². The van der Waals surface area contributed by atoms with Crippen molar-refractivity contribution in [1.82, 2.24) is 0 Å². The van der Waals surface area contributed by atoms with E-state index in [9.17, 15) is 0 Å². The van der Waals surface area contributed by atoms with E-state index < -0.39 is 0 Å². The van der Waals surface area contributed by atoms with Gasteiger partial charge in [-0.05, 0) is 42.7 Å². The van der Waals surface area contributed by atoms with Crippen LogP contribution in [0.4, 0.5) is 0 Å². The van der Waals surface area contributed by atoms with E-state index in [0.717, 1.165) is 12.0 Å². The van der Waals surface area contributed by atoms with Crippen molar-refractivity contribution in [2.75, 3.05) is 0 Å². The van der Waals surface area contributed by atoms with Crippen LogP contribution in [0.3, 0.4) is 0 Å². The predicted molar refractivity (Wildman–Crippen MR) is 69.9 cm³/mol. The fourth-order valence-electron chi connectivity index (χ4n) is 1.35. The molecule has 1 aromatic rings. The summed E-state index contributed by atoms with van der Waals surface area (Å²) >= 11 is 0. The van der Waals surface area contributed by atoms with E-state index in [0.29, 0.717) is 0 Å². The molecule has 0 aromatic heterocycles. The molecule has 0 radical (unpaired) electrons. The van der Waals surface area contributed by atoms with E-state index in [2.05, 4.69) is 49.0 Å². The van der Waals surface area contributed by atoms with Gasteiger partial charge in [0.25, 0.3) is 0 Å². The van der Waals surface area contributed by atoms with Gasteiger partial charge in [0, 0.05) is 5.56 Å². The Morgan fingerprint density at radius 1 is 1.19 bits per heavy atom. The second-order valence-electron chi connectivity index (χ2n) is 3.57. The molecule has 0 bridgehead atoms. The van der Waals surface area contributed by atoms with E-state index in [1.165, 1.54) is 18.4 Å². The third-order valence-electron chi connectivity index (χ3n) is 2.25. The zero-order valence-corrected chi connectivity index (χ0v) is 9.66. The Hall–Kier alpha value is -1.92. The molecule has 0 saturated heterocycles. The average Bonchev–Trinajstić information content (AvgIpc) is 2.33. The minimum atomic E-state index is 1.03. The largest absolute Gasteiger partial charge is 0.115 e. The molecule has 0 spiro atoms. The molecular weight excluding hydrogens is 192 g/mol. The normalized spacial score (nSPS) is 9.50. The number of hydrogen-bond acceptors (Lipinski definition) is 0. The Labute approximate surface area is 98.4 Å². The Balaban J connectivity index is 2.60. The van der Waals surface area contributed by atoms with Crippen LogP contribution < -0.4 is 0 Å². The zero-order valence-electron chi connectivity index (χ0n) is 9.66. The van der Waals surface area contributed by atoms with Crippen LogP contribution >= 0.6 is 0 Å². The Kier molecular flexibility index (Phi) is 5.61. The molecule has 1 rings (SSSR count). The third-order valence-corrected chi connectivity index (χ3v) is 2.25. The first-order valence-electron chi connectivity index (χ1n) is 5.58. The van der Waals surface area contributed by atoms with E-state index in [-0.39, 0.29) is 0 Å². The molecule has 80 valence electrons. The molecular formula is C16H16. The van der Waals surface area contributed by atoms with Crippen LogP contribution in [0.25, 0.3) is 0 Å².